The van der Waals surface area contributed by atoms with Crippen molar-refractivity contribution in [2.24, 2.45) is 28.1 Å². The predicted octanol–water partition coefficient (Wildman–Crippen LogP) is 1.70. The zero-order valence-electron chi connectivity index (χ0n) is 22.0. The molecular weight excluding hydrogens is 484 g/mol. The second-order valence-electron chi connectivity index (χ2n) is 12.5. The highest BCUT2D eigenvalue weighted by Gasteiger charge is 2.89. The first-order chi connectivity index (χ1) is 17.1. The van der Waals surface area contributed by atoms with Crippen LogP contribution < -0.4 is 0 Å². The zero-order chi connectivity index (χ0) is 27.3. The number of ether oxygens (including phenoxy) is 3. The molecule has 5 rings (SSSR count). The van der Waals surface area contributed by atoms with Crippen LogP contribution in [0.3, 0.4) is 0 Å². The maximum atomic E-state index is 14.2. The number of rotatable bonds is 5. The summed E-state index contributed by atoms with van der Waals surface area (Å²) in [7, 11) is 1.21. The number of fused-ring (bicyclic) bond motifs is 1. The van der Waals surface area contributed by atoms with Crippen LogP contribution in [0, 0.1) is 28.1 Å². The van der Waals surface area contributed by atoms with Crippen molar-refractivity contribution in [1.29, 1.82) is 0 Å². The number of esters is 2. The van der Waals surface area contributed by atoms with Gasteiger partial charge in [-0.05, 0) is 33.3 Å². The molecule has 204 valence electrons. The first-order valence-corrected chi connectivity index (χ1v) is 12.7. The van der Waals surface area contributed by atoms with Gasteiger partial charge in [-0.1, -0.05) is 13.8 Å². The van der Waals surface area contributed by atoms with Gasteiger partial charge in [-0.15, -0.1) is 0 Å². The molecule has 1 spiro atoms. The van der Waals surface area contributed by atoms with Crippen LogP contribution in [0.1, 0.15) is 65.5 Å². The fraction of sp³-hybridized carbons (Fsp3) is 0.741. The summed E-state index contributed by atoms with van der Waals surface area (Å²) in [5, 5.41) is 34.6. The summed E-state index contributed by atoms with van der Waals surface area (Å²) in [4.78, 5) is 39.6. The van der Waals surface area contributed by atoms with E-state index in [0.29, 0.717) is 5.56 Å². The quantitative estimate of drug-likeness (QED) is 0.386. The molecule has 0 aromatic carbocycles. The van der Waals surface area contributed by atoms with Crippen molar-refractivity contribution in [3.05, 3.63) is 24.2 Å². The van der Waals surface area contributed by atoms with Crippen molar-refractivity contribution in [3.8, 4) is 0 Å². The average molecular weight is 521 g/mol. The van der Waals surface area contributed by atoms with Crippen LogP contribution in [-0.4, -0.2) is 69.7 Å². The third-order valence-electron chi connectivity index (χ3n) is 10.3. The number of epoxide rings is 1. The fourth-order valence-electron chi connectivity index (χ4n) is 8.74. The van der Waals surface area contributed by atoms with Gasteiger partial charge < -0.3 is 33.9 Å². The Bertz CT molecular complexity index is 1120. The van der Waals surface area contributed by atoms with E-state index in [0.717, 1.165) is 0 Å². The van der Waals surface area contributed by atoms with E-state index in [2.05, 4.69) is 0 Å². The second kappa shape index (κ2) is 7.88. The number of Topliss-reactive ketones (excluding diaryl/α,β-unsaturated/α-hetero) is 1. The Morgan fingerprint density at radius 2 is 1.92 bits per heavy atom. The van der Waals surface area contributed by atoms with Gasteiger partial charge in [-0.25, -0.2) is 4.79 Å². The van der Waals surface area contributed by atoms with Gasteiger partial charge in [0.1, 0.15) is 17.5 Å². The van der Waals surface area contributed by atoms with Gasteiger partial charge in [0.15, 0.2) is 6.10 Å². The number of methoxy groups -OCH3 is 1. The Morgan fingerprint density at radius 1 is 1.24 bits per heavy atom. The molecule has 2 saturated carbocycles. The smallest absolute Gasteiger partial charge is 0.339 e. The third kappa shape index (κ3) is 3.10. The van der Waals surface area contributed by atoms with Crippen LogP contribution in [0.2, 0.25) is 0 Å². The Kier molecular flexibility index (Phi) is 5.61. The summed E-state index contributed by atoms with van der Waals surface area (Å²) in [5.41, 5.74) is -5.95. The predicted molar refractivity (Wildman–Crippen MR) is 126 cm³/mol. The lowest BCUT2D eigenvalue weighted by atomic mass is 9.36. The van der Waals surface area contributed by atoms with E-state index in [1.54, 1.807) is 33.8 Å². The van der Waals surface area contributed by atoms with Gasteiger partial charge in [0.25, 0.3) is 0 Å². The van der Waals surface area contributed by atoms with Crippen molar-refractivity contribution in [2.75, 3.05) is 7.11 Å². The number of hydrogen-bond acceptors (Lipinski definition) is 10. The van der Waals surface area contributed by atoms with Crippen LogP contribution in [0.4, 0.5) is 0 Å². The first kappa shape index (κ1) is 26.3. The van der Waals surface area contributed by atoms with E-state index in [1.165, 1.54) is 19.6 Å². The molecule has 4 aliphatic rings. The van der Waals surface area contributed by atoms with Crippen LogP contribution in [-0.2, 0) is 28.6 Å². The number of cyclic esters (lactones) is 1. The summed E-state index contributed by atoms with van der Waals surface area (Å²) < 4.78 is 22.1. The lowest BCUT2D eigenvalue weighted by molar-refractivity contribution is -0.262. The van der Waals surface area contributed by atoms with Crippen molar-refractivity contribution in [3.63, 3.8) is 0 Å². The molecule has 2 saturated heterocycles. The Hall–Kier alpha value is -2.27. The topological polar surface area (TPSA) is 156 Å². The Labute approximate surface area is 215 Å². The van der Waals surface area contributed by atoms with Gasteiger partial charge in [0.05, 0.1) is 49.3 Å². The molecule has 2 aliphatic heterocycles. The molecule has 0 radical (unpaired) electrons. The maximum Gasteiger partial charge on any atom is 0.339 e. The molecule has 0 amide bonds. The molecule has 37 heavy (non-hydrogen) atoms. The van der Waals surface area contributed by atoms with Crippen LogP contribution in [0.25, 0.3) is 0 Å². The van der Waals surface area contributed by atoms with Crippen LogP contribution in [0.5, 0.6) is 0 Å². The molecule has 4 fully saturated rings. The number of hydrogen-bond donors (Lipinski definition) is 3. The lowest BCUT2D eigenvalue weighted by Crippen LogP contribution is -2.76. The normalized spacial score (nSPS) is 45.7. The second-order valence-corrected chi connectivity index (χ2v) is 12.5. The molecule has 0 bridgehead atoms. The largest absolute Gasteiger partial charge is 0.472 e. The van der Waals surface area contributed by atoms with Gasteiger partial charge in [0, 0.05) is 34.7 Å². The van der Waals surface area contributed by atoms with Crippen molar-refractivity contribution in [2.45, 2.75) is 89.5 Å². The number of carbonyl (C=O) groups excluding carboxylic acids is 3. The standard InChI is InChI=1S/C27H36O10/c1-23(2,33)15-9-17(30)26(5)19(25(15,4)16(29)10-18(31)34-6)14(28)11-24(3)20(13-7-8-35-12-13)36-22(32)21-27(24,26)37-21/h7-8,12,14-16,19-21,28-29,33H,9-11H2,1-6H3/t14-,15-,16-,19+,20-,21+,24-,25+,26+,27+/m0/s1. The molecule has 3 N–H and O–H groups in total. The molecule has 10 nitrogen and oxygen atoms in total. The van der Waals surface area contributed by atoms with Crippen LogP contribution in [0.15, 0.2) is 23.0 Å². The molecule has 3 heterocycles. The van der Waals surface area contributed by atoms with E-state index in [-0.39, 0.29) is 25.0 Å². The molecule has 10 heteroatoms. The van der Waals surface area contributed by atoms with Gasteiger partial charge in [-0.2, -0.15) is 0 Å². The van der Waals surface area contributed by atoms with Crippen molar-refractivity contribution >= 4 is 17.7 Å². The summed E-state index contributed by atoms with van der Waals surface area (Å²) in [6.45, 7) is 8.34. The number of aliphatic hydroxyl groups is 3. The maximum absolute atomic E-state index is 14.2. The molecule has 10 atom stereocenters. The molecular formula is C27H36O10. The highest BCUT2D eigenvalue weighted by Crippen LogP contribution is 2.78. The van der Waals surface area contributed by atoms with Gasteiger partial charge in [0.2, 0.25) is 0 Å². The minimum absolute atomic E-state index is 0.0826. The van der Waals surface area contributed by atoms with Crippen molar-refractivity contribution in [1.82, 2.24) is 0 Å². The highest BCUT2D eigenvalue weighted by molar-refractivity contribution is 5.93. The third-order valence-corrected chi connectivity index (χ3v) is 10.3. The lowest BCUT2D eigenvalue weighted by Gasteiger charge is -2.67. The summed E-state index contributed by atoms with van der Waals surface area (Å²) in [6.07, 6.45) is -1.90. The fourth-order valence-corrected chi connectivity index (χ4v) is 8.74. The van der Waals surface area contributed by atoms with E-state index >= 15 is 0 Å². The Morgan fingerprint density at radius 3 is 2.49 bits per heavy atom. The van der Waals surface area contributed by atoms with Crippen molar-refractivity contribution < 1.29 is 48.3 Å². The molecule has 1 aromatic rings. The monoisotopic (exact) mass is 520 g/mol. The Balaban J connectivity index is 1.71. The summed E-state index contributed by atoms with van der Waals surface area (Å²) in [6, 6.07) is 1.68. The van der Waals surface area contributed by atoms with E-state index in [1.807, 2.05) is 6.92 Å². The van der Waals surface area contributed by atoms with Crippen LogP contribution >= 0.6 is 0 Å². The number of ketones is 1. The highest BCUT2D eigenvalue weighted by atomic mass is 16.7. The van der Waals surface area contributed by atoms with Gasteiger partial charge in [-0.3, -0.25) is 9.59 Å². The first-order valence-electron chi connectivity index (χ1n) is 12.7. The number of carbonyl (C=O) groups is 3. The summed E-state index contributed by atoms with van der Waals surface area (Å²) >= 11 is 0. The SMILES string of the molecule is COC(=O)C[C@H](O)[C@]1(C)[C@H]2[C@@H](O)C[C@@]3(C)[C@H](c4ccoc4)OC(=O)[C@H]4O[C@]43[C@]2(C)C(=O)C[C@H]1C(C)(C)O. The number of aliphatic hydroxyl groups excluding tert-OH is 2. The average Bonchev–Trinajstić information content (AvgIpc) is 3.38. The van der Waals surface area contributed by atoms with Gasteiger partial charge >= 0.3 is 11.9 Å². The zero-order valence-corrected chi connectivity index (χ0v) is 22.0. The minimum Gasteiger partial charge on any atom is -0.472 e. The molecule has 2 aliphatic carbocycles. The minimum atomic E-state index is -1.45. The molecule has 1 aromatic heterocycles. The number of furan rings is 1. The van der Waals surface area contributed by atoms with E-state index < -0.39 is 75.6 Å². The van der Waals surface area contributed by atoms with E-state index in [9.17, 15) is 29.7 Å². The molecule has 0 unspecified atom stereocenters. The summed E-state index contributed by atoms with van der Waals surface area (Å²) in [5.74, 6) is -3.30. The van der Waals surface area contributed by atoms with E-state index in [4.69, 9.17) is 18.6 Å².